The molecule has 1 aromatic heterocycles. The van der Waals surface area contributed by atoms with Crippen LogP contribution < -0.4 is 20.1 Å². The number of alkyl carbamates (subject to hydrolysis) is 1. The summed E-state index contributed by atoms with van der Waals surface area (Å²) < 4.78 is 15.6. The van der Waals surface area contributed by atoms with Crippen molar-refractivity contribution < 1.29 is 28.6 Å². The summed E-state index contributed by atoms with van der Waals surface area (Å²) in [7, 11) is 1.55. The van der Waals surface area contributed by atoms with Gasteiger partial charge in [0, 0.05) is 5.56 Å². The van der Waals surface area contributed by atoms with Crippen LogP contribution in [0.2, 0.25) is 0 Å². The Morgan fingerprint density at radius 1 is 1.21 bits per heavy atom. The molecule has 28 heavy (non-hydrogen) atoms. The van der Waals surface area contributed by atoms with E-state index in [4.69, 9.17) is 9.47 Å². The molecule has 146 valence electrons. The van der Waals surface area contributed by atoms with Crippen molar-refractivity contribution >= 4 is 40.3 Å². The van der Waals surface area contributed by atoms with Gasteiger partial charge in [-0.1, -0.05) is 12.1 Å². The van der Waals surface area contributed by atoms with Gasteiger partial charge in [-0.05, 0) is 30.5 Å². The van der Waals surface area contributed by atoms with Crippen molar-refractivity contribution in [2.75, 3.05) is 25.6 Å². The second kappa shape index (κ2) is 8.57. The number of ether oxygens (including phenoxy) is 3. The normalized spacial score (nSPS) is 12.1. The predicted molar refractivity (Wildman–Crippen MR) is 104 cm³/mol. The Hall–Kier alpha value is -3.33. The molecule has 0 radical (unpaired) electrons. The van der Waals surface area contributed by atoms with E-state index in [2.05, 4.69) is 15.4 Å². The molecule has 0 bridgehead atoms. The molecule has 0 atom stereocenters. The molecule has 0 fully saturated rings. The molecule has 0 spiro atoms. The van der Waals surface area contributed by atoms with Crippen molar-refractivity contribution in [1.82, 2.24) is 5.32 Å². The van der Waals surface area contributed by atoms with Gasteiger partial charge in [-0.15, -0.1) is 11.3 Å². The van der Waals surface area contributed by atoms with Crippen LogP contribution in [0.4, 0.5) is 9.80 Å². The lowest BCUT2D eigenvalue weighted by atomic mass is 10.1. The number of thiophene rings is 1. The molecule has 8 nitrogen and oxygen atoms in total. The van der Waals surface area contributed by atoms with Gasteiger partial charge in [0.1, 0.15) is 11.6 Å². The maximum Gasteiger partial charge on any atom is 0.414 e. The average molecular weight is 402 g/mol. The van der Waals surface area contributed by atoms with Crippen molar-refractivity contribution in [2.24, 2.45) is 0 Å². The van der Waals surface area contributed by atoms with Gasteiger partial charge in [-0.25, -0.2) is 4.79 Å². The second-order valence-corrected chi connectivity index (χ2v) is 6.55. The number of para-hydroxylation sites is 1. The fourth-order valence-corrected chi connectivity index (χ4v) is 3.35. The highest BCUT2D eigenvalue weighted by atomic mass is 32.1. The van der Waals surface area contributed by atoms with E-state index in [1.54, 1.807) is 37.6 Å². The molecule has 9 heteroatoms. The van der Waals surface area contributed by atoms with E-state index >= 15 is 0 Å². The Kier molecular flexibility index (Phi) is 5.95. The van der Waals surface area contributed by atoms with Gasteiger partial charge >= 0.3 is 6.09 Å². The SMILES string of the molecule is CCOC(=O)NC(=O)c1ccsc1NC(=O)C1=Cc2cccc(OC)c2OC1. The maximum absolute atomic E-state index is 12.6. The molecule has 2 N–H and O–H groups in total. The van der Waals surface area contributed by atoms with Gasteiger partial charge < -0.3 is 19.5 Å². The van der Waals surface area contributed by atoms with E-state index in [1.807, 2.05) is 6.07 Å². The van der Waals surface area contributed by atoms with Gasteiger partial charge in [0.2, 0.25) is 0 Å². The monoisotopic (exact) mass is 402 g/mol. The Labute approximate surface area is 165 Å². The fourth-order valence-electron chi connectivity index (χ4n) is 2.57. The number of carbonyl (C=O) groups is 3. The molecule has 3 amide bonds. The van der Waals surface area contributed by atoms with E-state index in [1.165, 1.54) is 17.4 Å². The third kappa shape index (κ3) is 4.15. The third-order valence-electron chi connectivity index (χ3n) is 3.85. The molecule has 2 aromatic rings. The molecule has 0 saturated heterocycles. The standard InChI is InChI=1S/C19H18N2O6S/c1-3-26-19(24)21-17(23)13-7-8-28-18(13)20-16(22)12-9-11-5-4-6-14(25-2)15(11)27-10-12/h4-9H,3,10H2,1-2H3,(H,20,22)(H,21,23,24). The van der Waals surface area contributed by atoms with Crippen molar-refractivity contribution in [3.05, 3.63) is 46.3 Å². The Bertz CT molecular complexity index is 950. The number of imide groups is 1. The maximum atomic E-state index is 12.6. The summed E-state index contributed by atoms with van der Waals surface area (Å²) in [6.45, 7) is 1.84. The quantitative estimate of drug-likeness (QED) is 0.797. The number of anilines is 1. The van der Waals surface area contributed by atoms with E-state index in [0.29, 0.717) is 22.1 Å². The molecule has 3 rings (SSSR count). The van der Waals surface area contributed by atoms with E-state index in [9.17, 15) is 14.4 Å². The van der Waals surface area contributed by atoms with E-state index < -0.39 is 17.9 Å². The Morgan fingerprint density at radius 2 is 2.04 bits per heavy atom. The first-order valence-corrected chi connectivity index (χ1v) is 9.28. The van der Waals surface area contributed by atoms with E-state index in [-0.39, 0.29) is 18.8 Å². The van der Waals surface area contributed by atoms with Gasteiger partial charge in [0.05, 0.1) is 24.9 Å². The molecule has 0 saturated carbocycles. The first kappa shape index (κ1) is 19.4. The highest BCUT2D eigenvalue weighted by Gasteiger charge is 2.23. The predicted octanol–water partition coefficient (Wildman–Crippen LogP) is 3.06. The van der Waals surface area contributed by atoms with Crippen LogP contribution in [0.5, 0.6) is 11.5 Å². The van der Waals surface area contributed by atoms with Crippen LogP contribution >= 0.6 is 11.3 Å². The van der Waals surface area contributed by atoms with Crippen molar-refractivity contribution in [2.45, 2.75) is 6.92 Å². The number of hydrogen-bond donors (Lipinski definition) is 2. The number of amides is 3. The molecule has 0 aliphatic carbocycles. The Balaban J connectivity index is 1.74. The number of fused-ring (bicyclic) bond motifs is 1. The van der Waals surface area contributed by atoms with Gasteiger partial charge in [0.15, 0.2) is 11.5 Å². The molecule has 1 aromatic carbocycles. The number of carbonyl (C=O) groups excluding carboxylic acids is 3. The third-order valence-corrected chi connectivity index (χ3v) is 4.68. The summed E-state index contributed by atoms with van der Waals surface area (Å²) in [5, 5.41) is 6.76. The van der Waals surface area contributed by atoms with Crippen LogP contribution in [-0.2, 0) is 9.53 Å². The summed E-state index contributed by atoms with van der Waals surface area (Å²) >= 11 is 1.17. The highest BCUT2D eigenvalue weighted by molar-refractivity contribution is 7.14. The minimum Gasteiger partial charge on any atom is -0.493 e. The minimum absolute atomic E-state index is 0.0644. The molecule has 2 heterocycles. The number of rotatable bonds is 5. The average Bonchev–Trinajstić information content (AvgIpc) is 3.15. The van der Waals surface area contributed by atoms with Gasteiger partial charge in [-0.2, -0.15) is 0 Å². The number of nitrogens with one attached hydrogen (secondary N) is 2. The zero-order chi connectivity index (χ0) is 20.1. The summed E-state index contributed by atoms with van der Waals surface area (Å²) in [5.41, 5.74) is 1.29. The molecule has 1 aliphatic rings. The Morgan fingerprint density at radius 3 is 2.79 bits per heavy atom. The first-order valence-electron chi connectivity index (χ1n) is 8.40. The summed E-state index contributed by atoms with van der Waals surface area (Å²) in [6.07, 6.45) is 0.868. The van der Waals surface area contributed by atoms with Crippen LogP contribution in [0.1, 0.15) is 22.8 Å². The topological polar surface area (TPSA) is 103 Å². The molecule has 0 unspecified atom stereocenters. The van der Waals surface area contributed by atoms with Crippen LogP contribution in [0.25, 0.3) is 6.08 Å². The zero-order valence-electron chi connectivity index (χ0n) is 15.2. The number of benzene rings is 1. The number of hydrogen-bond acceptors (Lipinski definition) is 7. The first-order chi connectivity index (χ1) is 13.5. The fraction of sp³-hybridized carbons (Fsp3) is 0.211. The van der Waals surface area contributed by atoms with Crippen LogP contribution in [0.3, 0.4) is 0 Å². The summed E-state index contributed by atoms with van der Waals surface area (Å²) in [4.78, 5) is 36.2. The van der Waals surface area contributed by atoms with Crippen LogP contribution in [0.15, 0.2) is 35.2 Å². The lowest BCUT2D eigenvalue weighted by Crippen LogP contribution is -2.31. The molecular weight excluding hydrogens is 384 g/mol. The van der Waals surface area contributed by atoms with Crippen molar-refractivity contribution in [3.63, 3.8) is 0 Å². The molecule has 1 aliphatic heterocycles. The second-order valence-electron chi connectivity index (χ2n) is 5.63. The zero-order valence-corrected chi connectivity index (χ0v) is 16.1. The smallest absolute Gasteiger partial charge is 0.414 e. The number of methoxy groups -OCH3 is 1. The minimum atomic E-state index is -0.843. The lowest BCUT2D eigenvalue weighted by molar-refractivity contribution is -0.113. The van der Waals surface area contributed by atoms with Crippen LogP contribution in [-0.4, -0.2) is 38.2 Å². The largest absolute Gasteiger partial charge is 0.493 e. The molecular formula is C19H18N2O6S. The summed E-state index contributed by atoms with van der Waals surface area (Å²) in [6, 6.07) is 6.90. The highest BCUT2D eigenvalue weighted by Crippen LogP contribution is 2.35. The summed E-state index contributed by atoms with van der Waals surface area (Å²) in [5.74, 6) is 0.108. The van der Waals surface area contributed by atoms with Gasteiger partial charge in [-0.3, -0.25) is 14.9 Å². The van der Waals surface area contributed by atoms with Crippen molar-refractivity contribution in [1.29, 1.82) is 0 Å². The van der Waals surface area contributed by atoms with Gasteiger partial charge in [0.25, 0.3) is 11.8 Å². The van der Waals surface area contributed by atoms with E-state index in [0.717, 1.165) is 5.56 Å². The lowest BCUT2D eigenvalue weighted by Gasteiger charge is -2.19. The van der Waals surface area contributed by atoms with Crippen molar-refractivity contribution in [3.8, 4) is 11.5 Å². The van der Waals surface area contributed by atoms with Crippen LogP contribution in [0, 0.1) is 0 Å².